The lowest BCUT2D eigenvalue weighted by atomic mass is 10.1. The highest BCUT2D eigenvalue weighted by molar-refractivity contribution is 7.89. The Morgan fingerprint density at radius 2 is 2.03 bits per heavy atom. The normalized spacial score (nSPS) is 16.7. The van der Waals surface area contributed by atoms with Crippen molar-refractivity contribution in [2.45, 2.75) is 37.0 Å². The number of rotatable bonds is 5. The average molecular weight is 430 g/mol. The van der Waals surface area contributed by atoms with Crippen LogP contribution in [0.15, 0.2) is 46.2 Å². The maximum atomic E-state index is 12.8. The van der Waals surface area contributed by atoms with Crippen LogP contribution in [0.3, 0.4) is 0 Å². The molecule has 1 aromatic carbocycles. The molecule has 156 valence electrons. The molecule has 12 heteroatoms. The maximum absolute atomic E-state index is 12.8. The van der Waals surface area contributed by atoms with Crippen molar-refractivity contribution in [2.24, 2.45) is 0 Å². The average Bonchev–Trinajstić information content (AvgIpc) is 2.96. The fourth-order valence-electron chi connectivity index (χ4n) is 3.15. The van der Waals surface area contributed by atoms with Crippen molar-refractivity contribution in [3.05, 3.63) is 52.4 Å². The van der Waals surface area contributed by atoms with Crippen molar-refractivity contribution < 1.29 is 26.4 Å². The molecule has 3 rings (SSSR count). The van der Waals surface area contributed by atoms with E-state index in [1.54, 1.807) is 0 Å². The van der Waals surface area contributed by atoms with Gasteiger partial charge in [0.05, 0.1) is 11.4 Å². The standard InChI is InChI=1S/C17H17F3N4O4S/c1-11-9-12-10-13(4-5-14(12)24(11)16(26)17(18,19)20)29(27,28)22-7-8-23-15(25)3-2-6-21-23/h2-6,10-11,22H,7-9H2,1H3. The van der Waals surface area contributed by atoms with Crippen LogP contribution in [0.25, 0.3) is 0 Å². The lowest BCUT2D eigenvalue weighted by Crippen LogP contribution is -2.44. The van der Waals surface area contributed by atoms with Crippen molar-refractivity contribution in [1.29, 1.82) is 0 Å². The minimum absolute atomic E-state index is 0.00867. The second-order valence-corrected chi connectivity index (χ2v) is 8.27. The van der Waals surface area contributed by atoms with Crippen LogP contribution in [0, 0.1) is 0 Å². The van der Waals surface area contributed by atoms with Crippen LogP contribution in [0.4, 0.5) is 18.9 Å². The summed E-state index contributed by atoms with van der Waals surface area (Å²) < 4.78 is 66.8. The summed E-state index contributed by atoms with van der Waals surface area (Å²) in [4.78, 5) is 23.7. The Labute approximate surface area is 164 Å². The summed E-state index contributed by atoms with van der Waals surface area (Å²) in [6.45, 7) is 1.36. The smallest absolute Gasteiger partial charge is 0.301 e. The highest BCUT2D eigenvalue weighted by Crippen LogP contribution is 2.36. The number of fused-ring (bicyclic) bond motifs is 1. The van der Waals surface area contributed by atoms with Gasteiger partial charge in [-0.25, -0.2) is 17.8 Å². The summed E-state index contributed by atoms with van der Waals surface area (Å²) in [6, 6.07) is 5.59. The molecule has 0 fully saturated rings. The van der Waals surface area contributed by atoms with Crippen LogP contribution in [0.5, 0.6) is 0 Å². The molecule has 0 spiro atoms. The molecule has 1 aromatic heterocycles. The quantitative estimate of drug-likeness (QED) is 0.765. The fraction of sp³-hybridized carbons (Fsp3) is 0.353. The molecule has 0 saturated heterocycles. The monoisotopic (exact) mass is 430 g/mol. The molecular formula is C17H17F3N4O4S. The largest absolute Gasteiger partial charge is 0.471 e. The SMILES string of the molecule is CC1Cc2cc(S(=O)(=O)NCCn3ncccc3=O)ccc2N1C(=O)C(F)(F)F. The first-order valence-corrected chi connectivity index (χ1v) is 10.0. The van der Waals surface area contributed by atoms with Gasteiger partial charge in [-0.15, -0.1) is 0 Å². The van der Waals surface area contributed by atoms with Gasteiger partial charge in [-0.3, -0.25) is 9.59 Å². The Morgan fingerprint density at radius 3 is 2.69 bits per heavy atom. The number of sulfonamides is 1. The zero-order valence-corrected chi connectivity index (χ0v) is 16.0. The van der Waals surface area contributed by atoms with Gasteiger partial charge in [-0.1, -0.05) is 0 Å². The summed E-state index contributed by atoms with van der Waals surface area (Å²) >= 11 is 0. The predicted octanol–water partition coefficient (Wildman–Crippen LogP) is 1.06. The third-order valence-electron chi connectivity index (χ3n) is 4.44. The molecule has 29 heavy (non-hydrogen) atoms. The number of nitrogens with one attached hydrogen (secondary N) is 1. The van der Waals surface area contributed by atoms with E-state index in [0.717, 1.165) is 10.7 Å². The van der Waals surface area contributed by atoms with Gasteiger partial charge in [0.1, 0.15) is 0 Å². The first kappa shape index (κ1) is 21.0. The second kappa shape index (κ2) is 7.59. The van der Waals surface area contributed by atoms with E-state index in [2.05, 4.69) is 9.82 Å². The molecule has 1 N–H and O–H groups in total. The van der Waals surface area contributed by atoms with Crippen molar-refractivity contribution in [3.63, 3.8) is 0 Å². The maximum Gasteiger partial charge on any atom is 0.471 e. The van der Waals surface area contributed by atoms with Gasteiger partial charge in [-0.2, -0.15) is 18.3 Å². The number of aromatic nitrogens is 2. The van der Waals surface area contributed by atoms with Gasteiger partial charge in [0.15, 0.2) is 0 Å². The number of alkyl halides is 3. The van der Waals surface area contributed by atoms with Crippen LogP contribution in [0.1, 0.15) is 12.5 Å². The molecule has 1 aliphatic rings. The Balaban J connectivity index is 1.77. The number of hydrogen-bond acceptors (Lipinski definition) is 5. The molecule has 1 unspecified atom stereocenters. The van der Waals surface area contributed by atoms with E-state index in [1.165, 1.54) is 37.4 Å². The van der Waals surface area contributed by atoms with Crippen molar-refractivity contribution >= 4 is 21.6 Å². The van der Waals surface area contributed by atoms with E-state index < -0.39 is 28.1 Å². The van der Waals surface area contributed by atoms with Gasteiger partial charge in [-0.05, 0) is 43.2 Å². The van der Waals surface area contributed by atoms with Gasteiger partial charge in [0.2, 0.25) is 10.0 Å². The highest BCUT2D eigenvalue weighted by Gasteiger charge is 2.47. The van der Waals surface area contributed by atoms with Crippen LogP contribution < -0.4 is 15.2 Å². The molecule has 0 aliphatic carbocycles. The summed E-state index contributed by atoms with van der Waals surface area (Å²) in [5.41, 5.74) is -0.00891. The minimum Gasteiger partial charge on any atom is -0.301 e. The summed E-state index contributed by atoms with van der Waals surface area (Å²) in [5, 5.41) is 3.81. The topological polar surface area (TPSA) is 101 Å². The molecule has 2 heterocycles. The molecule has 1 amide bonds. The first-order chi connectivity index (χ1) is 13.5. The molecule has 1 atom stereocenters. The van der Waals surface area contributed by atoms with Crippen LogP contribution in [-0.2, 0) is 27.8 Å². The predicted molar refractivity (Wildman–Crippen MR) is 96.8 cm³/mol. The number of benzene rings is 1. The zero-order chi connectivity index (χ0) is 21.4. The van der Waals surface area contributed by atoms with Crippen LogP contribution in [-0.4, -0.2) is 42.9 Å². The summed E-state index contributed by atoms with van der Waals surface area (Å²) in [6.07, 6.45) is -3.53. The third-order valence-corrected chi connectivity index (χ3v) is 5.90. The fourth-order valence-corrected chi connectivity index (χ4v) is 4.22. The number of carbonyl (C=O) groups excluding carboxylic acids is 1. The molecule has 0 radical (unpaired) electrons. The first-order valence-electron chi connectivity index (χ1n) is 8.56. The Kier molecular flexibility index (Phi) is 5.50. The van der Waals surface area contributed by atoms with E-state index in [4.69, 9.17) is 0 Å². The number of nitrogens with zero attached hydrogens (tertiary/aromatic N) is 3. The third kappa shape index (κ3) is 4.32. The lowest BCUT2D eigenvalue weighted by molar-refractivity contribution is -0.170. The zero-order valence-electron chi connectivity index (χ0n) is 15.2. The Hall–Kier alpha value is -2.73. The van der Waals surface area contributed by atoms with Crippen molar-refractivity contribution in [3.8, 4) is 0 Å². The van der Waals surface area contributed by atoms with Gasteiger partial charge < -0.3 is 4.90 Å². The van der Waals surface area contributed by atoms with Gasteiger partial charge in [0.25, 0.3) is 5.56 Å². The number of amides is 1. The van der Waals surface area contributed by atoms with E-state index >= 15 is 0 Å². The number of anilines is 1. The molecule has 2 aromatic rings. The number of halogens is 3. The van der Waals surface area contributed by atoms with Crippen LogP contribution >= 0.6 is 0 Å². The van der Waals surface area contributed by atoms with Crippen molar-refractivity contribution in [1.82, 2.24) is 14.5 Å². The summed E-state index contributed by atoms with van der Waals surface area (Å²) in [7, 11) is -3.97. The van der Waals surface area contributed by atoms with E-state index in [-0.39, 0.29) is 35.7 Å². The van der Waals surface area contributed by atoms with E-state index in [9.17, 15) is 31.2 Å². The van der Waals surface area contributed by atoms with Crippen molar-refractivity contribution in [2.75, 3.05) is 11.4 Å². The van der Waals surface area contributed by atoms with E-state index in [0.29, 0.717) is 10.5 Å². The second-order valence-electron chi connectivity index (χ2n) is 6.50. The summed E-state index contributed by atoms with van der Waals surface area (Å²) in [5.74, 6) is -1.99. The Morgan fingerprint density at radius 1 is 1.31 bits per heavy atom. The van der Waals surface area contributed by atoms with Gasteiger partial charge in [0, 0.05) is 30.5 Å². The van der Waals surface area contributed by atoms with Crippen LogP contribution in [0.2, 0.25) is 0 Å². The number of carbonyl (C=O) groups is 1. The molecule has 1 aliphatic heterocycles. The molecular weight excluding hydrogens is 413 g/mol. The highest BCUT2D eigenvalue weighted by atomic mass is 32.2. The van der Waals surface area contributed by atoms with E-state index in [1.807, 2.05) is 0 Å². The number of hydrogen-bond donors (Lipinski definition) is 1. The molecule has 0 saturated carbocycles. The lowest BCUT2D eigenvalue weighted by Gasteiger charge is -2.23. The molecule has 8 nitrogen and oxygen atoms in total. The molecule has 0 bridgehead atoms. The van der Waals surface area contributed by atoms with Gasteiger partial charge >= 0.3 is 12.1 Å². The Bertz CT molecular complexity index is 1100. The minimum atomic E-state index is -5.02.